The third kappa shape index (κ3) is 6.16. The second kappa shape index (κ2) is 11.4. The number of aliphatic hydroxyl groups is 1. The zero-order chi connectivity index (χ0) is 27.5. The Kier molecular flexibility index (Phi) is 8.69. The van der Waals surface area contributed by atoms with Crippen molar-refractivity contribution < 1.29 is 19.4 Å². The Morgan fingerprint density at radius 3 is 2.22 bits per heavy atom. The molecule has 2 aromatic rings. The number of hydrogen-bond acceptors (Lipinski definition) is 6. The fourth-order valence-corrected chi connectivity index (χ4v) is 4.67. The van der Waals surface area contributed by atoms with Gasteiger partial charge < -0.3 is 24.5 Å². The number of rotatable bonds is 9. The number of benzene rings is 2. The number of hydrogen-bond donors (Lipinski definition) is 1. The van der Waals surface area contributed by atoms with Crippen molar-refractivity contribution in [3.8, 4) is 5.75 Å². The molecule has 1 atom stereocenters. The van der Waals surface area contributed by atoms with Gasteiger partial charge in [0.2, 0.25) is 0 Å². The lowest BCUT2D eigenvalue weighted by molar-refractivity contribution is -0.139. The predicted molar refractivity (Wildman–Crippen MR) is 149 cm³/mol. The van der Waals surface area contributed by atoms with Crippen LogP contribution in [0.25, 0.3) is 5.76 Å². The van der Waals surface area contributed by atoms with Gasteiger partial charge in [0, 0.05) is 37.5 Å². The second-order valence-electron chi connectivity index (χ2n) is 11.0. The summed E-state index contributed by atoms with van der Waals surface area (Å²) in [5.74, 6) is -0.658. The van der Waals surface area contributed by atoms with Crippen molar-refractivity contribution in [2.24, 2.45) is 0 Å². The first-order valence-corrected chi connectivity index (χ1v) is 12.8. The summed E-state index contributed by atoms with van der Waals surface area (Å²) in [5, 5.41) is 11.5. The number of nitrogens with zero attached hydrogens (tertiary/aromatic N) is 3. The van der Waals surface area contributed by atoms with Crippen LogP contribution in [-0.2, 0) is 15.0 Å². The summed E-state index contributed by atoms with van der Waals surface area (Å²) in [4.78, 5) is 32.3. The molecule has 0 spiro atoms. The molecule has 0 aromatic heterocycles. The maximum absolute atomic E-state index is 13.4. The number of likely N-dealkylation sites (tertiary alicyclic amines) is 1. The summed E-state index contributed by atoms with van der Waals surface area (Å²) in [6.45, 7) is 9.87. The Morgan fingerprint density at radius 1 is 1.03 bits per heavy atom. The van der Waals surface area contributed by atoms with Gasteiger partial charge in [-0.15, -0.1) is 0 Å². The highest BCUT2D eigenvalue weighted by Gasteiger charge is 2.45. The van der Waals surface area contributed by atoms with E-state index >= 15 is 0 Å². The Bertz CT molecular complexity index is 1160. The van der Waals surface area contributed by atoms with Crippen LogP contribution in [0.4, 0.5) is 5.69 Å². The molecule has 3 rings (SSSR count). The molecule has 7 nitrogen and oxygen atoms in total. The normalized spacial score (nSPS) is 17.5. The van der Waals surface area contributed by atoms with Crippen LogP contribution in [0.1, 0.15) is 56.8 Å². The van der Waals surface area contributed by atoms with Gasteiger partial charge in [-0.05, 0) is 75.3 Å². The Labute approximate surface area is 221 Å². The molecule has 2 aromatic carbocycles. The SMILES string of the molecule is CCOc1ccc(/C(O)=C2/C(=O)C(=O)N(CCCN(C)C)C2c2ccc(N(C)C)cc2)cc1C(C)(C)C. The minimum atomic E-state index is -0.664. The summed E-state index contributed by atoms with van der Waals surface area (Å²) >= 11 is 0. The lowest BCUT2D eigenvalue weighted by Crippen LogP contribution is -2.32. The van der Waals surface area contributed by atoms with Crippen molar-refractivity contribution in [1.82, 2.24) is 9.80 Å². The molecule has 0 aliphatic carbocycles. The van der Waals surface area contributed by atoms with E-state index in [1.54, 1.807) is 11.0 Å². The van der Waals surface area contributed by atoms with E-state index in [-0.39, 0.29) is 16.7 Å². The molecule has 1 N–H and O–H groups in total. The van der Waals surface area contributed by atoms with Crippen LogP contribution < -0.4 is 9.64 Å². The first-order chi connectivity index (χ1) is 17.4. The van der Waals surface area contributed by atoms with E-state index in [1.165, 1.54) is 0 Å². The minimum absolute atomic E-state index is 0.122. The Morgan fingerprint density at radius 2 is 1.68 bits per heavy atom. The Balaban J connectivity index is 2.16. The molecule has 1 heterocycles. The third-order valence-corrected chi connectivity index (χ3v) is 6.63. The van der Waals surface area contributed by atoms with Crippen LogP contribution in [0.2, 0.25) is 0 Å². The molecule has 1 unspecified atom stereocenters. The van der Waals surface area contributed by atoms with Crippen molar-refractivity contribution in [3.63, 3.8) is 0 Å². The van der Waals surface area contributed by atoms with Gasteiger partial charge in [-0.2, -0.15) is 0 Å². The average Bonchev–Trinajstić information content (AvgIpc) is 3.08. The van der Waals surface area contributed by atoms with Gasteiger partial charge in [-0.25, -0.2) is 0 Å². The van der Waals surface area contributed by atoms with E-state index in [2.05, 4.69) is 20.8 Å². The van der Waals surface area contributed by atoms with Gasteiger partial charge in [0.15, 0.2) is 0 Å². The molecular formula is C30H41N3O4. The minimum Gasteiger partial charge on any atom is -0.507 e. The number of ether oxygens (including phenoxy) is 1. The lowest BCUT2D eigenvalue weighted by Gasteiger charge is -2.27. The van der Waals surface area contributed by atoms with E-state index in [1.807, 2.05) is 81.3 Å². The Hall–Kier alpha value is -3.32. The standard InChI is InChI=1S/C30H41N3O4/c1-9-37-24-16-13-21(19-23(24)30(2,3)4)27(34)25-26(20-11-14-22(15-12-20)32(7)8)33(29(36)28(25)35)18-10-17-31(5)6/h11-16,19,26,34H,9-10,17-18H2,1-8H3/b27-25-. The van der Waals surface area contributed by atoms with Crippen molar-refractivity contribution in [2.75, 3.05) is 52.8 Å². The van der Waals surface area contributed by atoms with Crippen molar-refractivity contribution in [2.45, 2.75) is 45.6 Å². The fraction of sp³-hybridized carbons (Fsp3) is 0.467. The van der Waals surface area contributed by atoms with Gasteiger partial charge in [-0.1, -0.05) is 32.9 Å². The molecule has 0 saturated carbocycles. The highest BCUT2D eigenvalue weighted by atomic mass is 16.5. The fourth-order valence-electron chi connectivity index (χ4n) is 4.67. The molecule has 1 aliphatic rings. The first kappa shape index (κ1) is 28.3. The summed E-state index contributed by atoms with van der Waals surface area (Å²) in [5.41, 5.74) is 3.09. The predicted octanol–water partition coefficient (Wildman–Crippen LogP) is 4.82. The highest BCUT2D eigenvalue weighted by molar-refractivity contribution is 6.46. The number of Topliss-reactive ketones (excluding diaryl/α,β-unsaturated/α-hetero) is 1. The van der Waals surface area contributed by atoms with Crippen LogP contribution in [0, 0.1) is 0 Å². The zero-order valence-corrected chi connectivity index (χ0v) is 23.5. The molecule has 200 valence electrons. The van der Waals surface area contributed by atoms with Gasteiger partial charge >= 0.3 is 0 Å². The average molecular weight is 508 g/mol. The molecule has 37 heavy (non-hydrogen) atoms. The van der Waals surface area contributed by atoms with Crippen molar-refractivity contribution >= 4 is 23.1 Å². The molecule has 0 bridgehead atoms. The van der Waals surface area contributed by atoms with Crippen molar-refractivity contribution in [1.29, 1.82) is 0 Å². The smallest absolute Gasteiger partial charge is 0.295 e. The summed E-state index contributed by atoms with van der Waals surface area (Å²) < 4.78 is 5.83. The van der Waals surface area contributed by atoms with Crippen LogP contribution >= 0.6 is 0 Å². The van der Waals surface area contributed by atoms with Gasteiger partial charge in [-0.3, -0.25) is 9.59 Å². The van der Waals surface area contributed by atoms with Gasteiger partial charge in [0.25, 0.3) is 11.7 Å². The maximum atomic E-state index is 13.4. The summed E-state index contributed by atoms with van der Waals surface area (Å²) in [6.07, 6.45) is 0.712. The number of ketones is 1. The van der Waals surface area contributed by atoms with Crippen LogP contribution in [0.5, 0.6) is 5.75 Å². The molecule has 1 amide bonds. The van der Waals surface area contributed by atoms with E-state index in [0.29, 0.717) is 25.1 Å². The van der Waals surface area contributed by atoms with Crippen LogP contribution in [-0.4, -0.2) is 74.5 Å². The summed E-state index contributed by atoms with van der Waals surface area (Å²) in [7, 11) is 7.87. The second-order valence-corrected chi connectivity index (χ2v) is 11.0. The number of aliphatic hydroxyl groups excluding tert-OH is 1. The lowest BCUT2D eigenvalue weighted by atomic mass is 9.84. The molecule has 1 fully saturated rings. The quantitative estimate of drug-likeness (QED) is 0.298. The van der Waals surface area contributed by atoms with Crippen molar-refractivity contribution in [3.05, 3.63) is 64.7 Å². The van der Waals surface area contributed by atoms with Gasteiger partial charge in [0.05, 0.1) is 18.2 Å². The topological polar surface area (TPSA) is 73.3 Å². The molecular weight excluding hydrogens is 466 g/mol. The first-order valence-electron chi connectivity index (χ1n) is 12.8. The largest absolute Gasteiger partial charge is 0.507 e. The summed E-state index contributed by atoms with van der Waals surface area (Å²) in [6, 6.07) is 12.6. The number of carbonyl (C=O) groups is 2. The third-order valence-electron chi connectivity index (χ3n) is 6.63. The van der Waals surface area contributed by atoms with E-state index in [0.717, 1.165) is 29.1 Å². The molecule has 1 saturated heterocycles. The van der Waals surface area contributed by atoms with Crippen LogP contribution in [0.15, 0.2) is 48.0 Å². The molecule has 1 aliphatic heterocycles. The number of anilines is 1. The van der Waals surface area contributed by atoms with E-state index in [9.17, 15) is 14.7 Å². The maximum Gasteiger partial charge on any atom is 0.295 e. The van der Waals surface area contributed by atoms with Crippen LogP contribution in [0.3, 0.4) is 0 Å². The van der Waals surface area contributed by atoms with E-state index < -0.39 is 17.7 Å². The van der Waals surface area contributed by atoms with Gasteiger partial charge in [0.1, 0.15) is 11.5 Å². The highest BCUT2D eigenvalue weighted by Crippen LogP contribution is 2.41. The molecule has 0 radical (unpaired) electrons. The zero-order valence-electron chi connectivity index (χ0n) is 23.5. The monoisotopic (exact) mass is 507 g/mol. The molecule has 7 heteroatoms. The number of amides is 1. The van der Waals surface area contributed by atoms with E-state index in [4.69, 9.17) is 4.74 Å². The number of carbonyl (C=O) groups excluding carboxylic acids is 2.